The second kappa shape index (κ2) is 6.80. The van der Waals surface area contributed by atoms with Crippen molar-refractivity contribution in [1.29, 1.82) is 0 Å². The van der Waals surface area contributed by atoms with Crippen molar-refractivity contribution >= 4 is 11.9 Å². The zero-order valence-corrected chi connectivity index (χ0v) is 15.1. The van der Waals surface area contributed by atoms with Gasteiger partial charge >= 0.3 is 11.9 Å². The predicted octanol–water partition coefficient (Wildman–Crippen LogP) is 4.11. The third-order valence-corrected chi connectivity index (χ3v) is 3.36. The number of esters is 2. The first-order valence-electron chi connectivity index (χ1n) is 7.60. The molecule has 0 heterocycles. The van der Waals surface area contributed by atoms with Gasteiger partial charge in [0.25, 0.3) is 0 Å². The summed E-state index contributed by atoms with van der Waals surface area (Å²) in [5.41, 5.74) is -1.60. The Kier molecular flexibility index (Phi) is 6.46. The molecule has 0 amide bonds. The quantitative estimate of drug-likeness (QED) is 0.717. The van der Waals surface area contributed by atoms with E-state index in [1.807, 2.05) is 62.3 Å². The van der Waals surface area contributed by atoms with Crippen LogP contribution in [0.3, 0.4) is 0 Å². The molecule has 0 aromatic rings. The summed E-state index contributed by atoms with van der Waals surface area (Å²) in [6.45, 7) is 16.8. The van der Waals surface area contributed by atoms with Gasteiger partial charge in [-0.25, -0.2) is 0 Å². The molecular weight excluding hydrogens is 268 g/mol. The standard InChI is InChI=1S/C17H32O4/c1-12(10-11-13(18)20-15(2,3)4)17(8,9)14(19)21-16(5,6)7/h12H,10-11H2,1-9H3. The van der Waals surface area contributed by atoms with E-state index in [9.17, 15) is 9.59 Å². The van der Waals surface area contributed by atoms with E-state index >= 15 is 0 Å². The predicted molar refractivity (Wildman–Crippen MR) is 83.9 cm³/mol. The molecule has 21 heavy (non-hydrogen) atoms. The molecule has 0 aromatic heterocycles. The lowest BCUT2D eigenvalue weighted by atomic mass is 9.77. The molecule has 0 saturated carbocycles. The van der Waals surface area contributed by atoms with Gasteiger partial charge in [-0.05, 0) is 67.7 Å². The lowest BCUT2D eigenvalue weighted by Gasteiger charge is -2.33. The zero-order valence-electron chi connectivity index (χ0n) is 15.1. The smallest absolute Gasteiger partial charge is 0.312 e. The zero-order chi connectivity index (χ0) is 17.1. The minimum atomic E-state index is -0.630. The maximum Gasteiger partial charge on any atom is 0.312 e. The van der Waals surface area contributed by atoms with Crippen molar-refractivity contribution in [3.63, 3.8) is 0 Å². The van der Waals surface area contributed by atoms with Crippen molar-refractivity contribution in [2.45, 2.75) is 86.4 Å². The van der Waals surface area contributed by atoms with E-state index in [4.69, 9.17) is 9.47 Å². The Morgan fingerprint density at radius 3 is 1.67 bits per heavy atom. The van der Waals surface area contributed by atoms with Gasteiger partial charge in [-0.2, -0.15) is 0 Å². The van der Waals surface area contributed by atoms with E-state index < -0.39 is 16.6 Å². The van der Waals surface area contributed by atoms with Gasteiger partial charge in [0, 0.05) is 6.42 Å². The summed E-state index contributed by atoms with van der Waals surface area (Å²) < 4.78 is 10.7. The largest absolute Gasteiger partial charge is 0.460 e. The average Bonchev–Trinajstić information content (AvgIpc) is 2.20. The molecule has 0 fully saturated rings. The van der Waals surface area contributed by atoms with Crippen molar-refractivity contribution in [2.24, 2.45) is 11.3 Å². The molecule has 124 valence electrons. The number of rotatable bonds is 5. The number of carbonyl (C=O) groups excluding carboxylic acids is 2. The molecule has 0 aliphatic rings. The van der Waals surface area contributed by atoms with Crippen LogP contribution in [0.15, 0.2) is 0 Å². The third kappa shape index (κ3) is 8.08. The number of hydrogen-bond acceptors (Lipinski definition) is 4. The lowest BCUT2D eigenvalue weighted by Crippen LogP contribution is -2.38. The Bertz CT molecular complexity index is 369. The summed E-state index contributed by atoms with van der Waals surface area (Å²) in [6.07, 6.45) is 0.909. The highest BCUT2D eigenvalue weighted by molar-refractivity contribution is 5.77. The van der Waals surface area contributed by atoms with Gasteiger partial charge in [-0.15, -0.1) is 0 Å². The van der Waals surface area contributed by atoms with E-state index in [1.165, 1.54) is 0 Å². The van der Waals surface area contributed by atoms with E-state index in [0.29, 0.717) is 12.8 Å². The fraction of sp³-hybridized carbons (Fsp3) is 0.882. The summed E-state index contributed by atoms with van der Waals surface area (Å²) in [5.74, 6) is -0.430. The number of ether oxygens (including phenoxy) is 2. The summed E-state index contributed by atoms with van der Waals surface area (Å²) in [4.78, 5) is 24.0. The normalized spacial score (nSPS) is 14.5. The van der Waals surface area contributed by atoms with Gasteiger partial charge < -0.3 is 9.47 Å². The second-order valence-corrected chi connectivity index (χ2v) is 8.25. The van der Waals surface area contributed by atoms with Gasteiger partial charge in [0.2, 0.25) is 0 Å². The van der Waals surface area contributed by atoms with Crippen LogP contribution in [0.4, 0.5) is 0 Å². The monoisotopic (exact) mass is 300 g/mol. The van der Waals surface area contributed by atoms with Gasteiger partial charge in [0.05, 0.1) is 5.41 Å². The van der Waals surface area contributed by atoms with Gasteiger partial charge in [-0.1, -0.05) is 6.92 Å². The molecule has 0 radical (unpaired) electrons. The van der Waals surface area contributed by atoms with Crippen LogP contribution in [0.25, 0.3) is 0 Å². The Hall–Kier alpha value is -1.06. The van der Waals surface area contributed by atoms with Crippen LogP contribution >= 0.6 is 0 Å². The minimum Gasteiger partial charge on any atom is -0.460 e. The molecule has 4 nitrogen and oxygen atoms in total. The second-order valence-electron chi connectivity index (χ2n) is 8.25. The van der Waals surface area contributed by atoms with E-state index in [2.05, 4.69) is 0 Å². The molecule has 0 aromatic carbocycles. The van der Waals surface area contributed by atoms with E-state index in [-0.39, 0.29) is 17.9 Å². The Balaban J connectivity index is 4.53. The van der Waals surface area contributed by atoms with E-state index in [1.54, 1.807) is 0 Å². The molecule has 1 atom stereocenters. The molecule has 0 aliphatic heterocycles. The molecule has 0 bridgehead atoms. The van der Waals surface area contributed by atoms with Gasteiger partial charge in [-0.3, -0.25) is 9.59 Å². The first-order chi connectivity index (χ1) is 9.15. The minimum absolute atomic E-state index is 0.0277. The first kappa shape index (κ1) is 19.9. The topological polar surface area (TPSA) is 52.6 Å². The maximum atomic E-state index is 12.3. The molecule has 0 aliphatic carbocycles. The van der Waals surface area contributed by atoms with Crippen LogP contribution in [0.1, 0.15) is 75.2 Å². The third-order valence-electron chi connectivity index (χ3n) is 3.36. The van der Waals surface area contributed by atoms with Crippen LogP contribution in [-0.4, -0.2) is 23.1 Å². The summed E-state index contributed by atoms with van der Waals surface area (Å²) >= 11 is 0. The molecule has 0 spiro atoms. The Labute approximate surface area is 129 Å². The SMILES string of the molecule is CC(CCC(=O)OC(C)(C)C)C(C)(C)C(=O)OC(C)(C)C. The summed E-state index contributed by atoms with van der Waals surface area (Å²) in [5, 5.41) is 0. The summed E-state index contributed by atoms with van der Waals surface area (Å²) in [7, 11) is 0. The molecule has 0 saturated heterocycles. The Morgan fingerprint density at radius 2 is 1.29 bits per heavy atom. The van der Waals surface area contributed by atoms with E-state index in [0.717, 1.165) is 0 Å². The highest BCUT2D eigenvalue weighted by Crippen LogP contribution is 2.33. The van der Waals surface area contributed by atoms with Crippen LogP contribution in [-0.2, 0) is 19.1 Å². The lowest BCUT2D eigenvalue weighted by molar-refractivity contribution is -0.169. The van der Waals surface area contributed by atoms with Crippen LogP contribution < -0.4 is 0 Å². The van der Waals surface area contributed by atoms with Crippen LogP contribution in [0.5, 0.6) is 0 Å². The summed E-state index contributed by atoms with van der Waals surface area (Å²) in [6, 6.07) is 0. The highest BCUT2D eigenvalue weighted by Gasteiger charge is 2.37. The molecule has 1 unspecified atom stereocenters. The van der Waals surface area contributed by atoms with Crippen molar-refractivity contribution in [3.8, 4) is 0 Å². The van der Waals surface area contributed by atoms with Crippen molar-refractivity contribution in [3.05, 3.63) is 0 Å². The molecule has 4 heteroatoms. The van der Waals surface area contributed by atoms with Crippen molar-refractivity contribution < 1.29 is 19.1 Å². The van der Waals surface area contributed by atoms with Gasteiger partial charge in [0.15, 0.2) is 0 Å². The Morgan fingerprint density at radius 1 is 0.857 bits per heavy atom. The first-order valence-corrected chi connectivity index (χ1v) is 7.60. The molecule has 0 rings (SSSR count). The van der Waals surface area contributed by atoms with Crippen molar-refractivity contribution in [1.82, 2.24) is 0 Å². The number of carbonyl (C=O) groups is 2. The highest BCUT2D eigenvalue weighted by atomic mass is 16.6. The van der Waals surface area contributed by atoms with Gasteiger partial charge in [0.1, 0.15) is 11.2 Å². The van der Waals surface area contributed by atoms with Crippen LogP contribution in [0.2, 0.25) is 0 Å². The van der Waals surface area contributed by atoms with Crippen molar-refractivity contribution in [2.75, 3.05) is 0 Å². The van der Waals surface area contributed by atoms with Crippen LogP contribution in [0, 0.1) is 11.3 Å². The fourth-order valence-corrected chi connectivity index (χ4v) is 1.70. The maximum absolute atomic E-state index is 12.3. The number of hydrogen-bond donors (Lipinski definition) is 0. The molecule has 0 N–H and O–H groups in total. The molecular formula is C17H32O4. The average molecular weight is 300 g/mol. The fourth-order valence-electron chi connectivity index (χ4n) is 1.70.